The monoisotopic (exact) mass is 373 g/mol. The van der Waals surface area contributed by atoms with Gasteiger partial charge in [-0.05, 0) is 35.9 Å². The molecule has 0 amide bonds. The van der Waals surface area contributed by atoms with E-state index in [-0.39, 0.29) is 4.90 Å². The first-order valence-electron chi connectivity index (χ1n) is 8.29. The zero-order valence-electron chi connectivity index (χ0n) is 14.3. The molecule has 7 nitrogen and oxygen atoms in total. The van der Waals surface area contributed by atoms with E-state index in [1.54, 1.807) is 31.5 Å². The molecule has 0 bridgehead atoms. The summed E-state index contributed by atoms with van der Waals surface area (Å²) in [6.45, 7) is 1.56. The van der Waals surface area contributed by atoms with Gasteiger partial charge in [-0.1, -0.05) is 6.07 Å². The maximum absolute atomic E-state index is 13.0. The number of nitrogens with zero attached hydrogens (tertiary/aromatic N) is 2. The van der Waals surface area contributed by atoms with E-state index >= 15 is 0 Å². The van der Waals surface area contributed by atoms with E-state index < -0.39 is 10.0 Å². The van der Waals surface area contributed by atoms with Crippen molar-refractivity contribution in [2.75, 3.05) is 33.4 Å². The second-order valence-corrected chi connectivity index (χ2v) is 7.99. The average Bonchev–Trinajstić information content (AvgIpc) is 3.16. The predicted molar refractivity (Wildman–Crippen MR) is 97.7 cm³/mol. The summed E-state index contributed by atoms with van der Waals surface area (Å²) in [4.78, 5) is 0.252. The molecule has 0 unspecified atom stereocenters. The van der Waals surface area contributed by atoms with Gasteiger partial charge in [-0.3, -0.25) is 5.10 Å². The molecule has 136 valence electrons. The number of methoxy groups -OCH3 is 1. The van der Waals surface area contributed by atoms with Crippen LogP contribution in [0.4, 0.5) is 0 Å². The molecule has 1 saturated heterocycles. The number of rotatable bonds is 4. The molecular weight excluding hydrogens is 354 g/mol. The van der Waals surface area contributed by atoms with Crippen LogP contribution in [0.3, 0.4) is 0 Å². The van der Waals surface area contributed by atoms with Crippen LogP contribution in [0.5, 0.6) is 5.75 Å². The summed E-state index contributed by atoms with van der Waals surface area (Å²) in [6, 6.07) is 10.8. The highest BCUT2D eigenvalue weighted by Gasteiger charge is 2.27. The van der Waals surface area contributed by atoms with Gasteiger partial charge in [0.1, 0.15) is 5.75 Å². The fourth-order valence-electron chi connectivity index (χ4n) is 3.12. The highest BCUT2D eigenvalue weighted by atomic mass is 32.2. The van der Waals surface area contributed by atoms with Crippen LogP contribution in [0.25, 0.3) is 22.0 Å². The van der Waals surface area contributed by atoms with E-state index in [1.165, 1.54) is 4.31 Å². The molecule has 0 atom stereocenters. The summed E-state index contributed by atoms with van der Waals surface area (Å²) >= 11 is 0. The van der Waals surface area contributed by atoms with Gasteiger partial charge < -0.3 is 9.47 Å². The van der Waals surface area contributed by atoms with E-state index in [2.05, 4.69) is 10.2 Å². The van der Waals surface area contributed by atoms with Crippen molar-refractivity contribution in [2.24, 2.45) is 0 Å². The van der Waals surface area contributed by atoms with Crippen molar-refractivity contribution in [3.63, 3.8) is 0 Å². The normalized spacial score (nSPS) is 16.0. The minimum Gasteiger partial charge on any atom is -0.496 e. The Morgan fingerprint density at radius 1 is 1.15 bits per heavy atom. The third-order valence-corrected chi connectivity index (χ3v) is 6.42. The molecule has 1 aromatic heterocycles. The van der Waals surface area contributed by atoms with Crippen molar-refractivity contribution in [2.45, 2.75) is 4.90 Å². The number of H-pyrrole nitrogens is 1. The Balaban J connectivity index is 1.80. The molecule has 2 aromatic carbocycles. The zero-order valence-corrected chi connectivity index (χ0v) is 15.1. The number of hydrogen-bond donors (Lipinski definition) is 1. The van der Waals surface area contributed by atoms with Crippen LogP contribution in [0.1, 0.15) is 0 Å². The molecule has 1 aliphatic heterocycles. The topological polar surface area (TPSA) is 84.5 Å². The highest BCUT2D eigenvalue weighted by molar-refractivity contribution is 7.89. The summed E-state index contributed by atoms with van der Waals surface area (Å²) in [5.74, 6) is 0.619. The van der Waals surface area contributed by atoms with Crippen molar-refractivity contribution in [1.82, 2.24) is 14.5 Å². The molecule has 1 aliphatic rings. The molecule has 26 heavy (non-hydrogen) atoms. The molecule has 2 heterocycles. The Labute approximate surface area is 151 Å². The summed E-state index contributed by atoms with van der Waals surface area (Å²) in [7, 11) is -2.00. The number of benzene rings is 2. The molecule has 8 heteroatoms. The minimum atomic E-state index is -3.57. The molecular formula is C18H19N3O4S. The van der Waals surface area contributed by atoms with Gasteiger partial charge in [0.05, 0.1) is 36.9 Å². The smallest absolute Gasteiger partial charge is 0.243 e. The maximum atomic E-state index is 13.0. The maximum Gasteiger partial charge on any atom is 0.243 e. The van der Waals surface area contributed by atoms with E-state index in [4.69, 9.17) is 9.47 Å². The van der Waals surface area contributed by atoms with Crippen molar-refractivity contribution < 1.29 is 17.9 Å². The molecule has 0 saturated carbocycles. The van der Waals surface area contributed by atoms with Gasteiger partial charge in [-0.2, -0.15) is 9.40 Å². The number of hydrogen-bond acceptors (Lipinski definition) is 5. The van der Waals surface area contributed by atoms with Crippen molar-refractivity contribution in [3.8, 4) is 16.9 Å². The fraction of sp³-hybridized carbons (Fsp3) is 0.278. The summed E-state index contributed by atoms with van der Waals surface area (Å²) in [5, 5.41) is 7.89. The summed E-state index contributed by atoms with van der Waals surface area (Å²) in [5.41, 5.74) is 2.52. The van der Waals surface area contributed by atoms with Crippen LogP contribution in [0.15, 0.2) is 47.5 Å². The Kier molecular flexibility index (Phi) is 4.39. The van der Waals surface area contributed by atoms with E-state index in [0.29, 0.717) is 32.1 Å². The second-order valence-electron chi connectivity index (χ2n) is 6.05. The lowest BCUT2D eigenvalue weighted by atomic mass is 10.0. The molecule has 3 aromatic rings. The first-order chi connectivity index (χ1) is 12.6. The number of aromatic amines is 1. The number of morpholine rings is 1. The minimum absolute atomic E-state index is 0.252. The number of ether oxygens (including phenoxy) is 2. The van der Waals surface area contributed by atoms with E-state index in [1.807, 2.05) is 18.2 Å². The zero-order chi connectivity index (χ0) is 18.1. The van der Waals surface area contributed by atoms with Crippen LogP contribution in [0, 0.1) is 0 Å². The van der Waals surface area contributed by atoms with Gasteiger partial charge >= 0.3 is 0 Å². The first-order valence-corrected chi connectivity index (χ1v) is 9.73. The standard InChI is InChI=1S/C18H19N3O4S/c1-24-18-5-3-15(26(22,23)21-6-8-25-9-7-21)11-16(18)13-2-4-17-14(10-13)12-19-20-17/h2-5,10-12H,6-9H2,1H3,(H,19,20). The number of fused-ring (bicyclic) bond motifs is 1. The third kappa shape index (κ3) is 2.96. The van der Waals surface area contributed by atoms with Crippen LogP contribution < -0.4 is 4.74 Å². The molecule has 0 aliphatic carbocycles. The largest absolute Gasteiger partial charge is 0.496 e. The van der Waals surface area contributed by atoms with Crippen LogP contribution in [-0.4, -0.2) is 56.3 Å². The molecule has 4 rings (SSSR count). The third-order valence-electron chi connectivity index (χ3n) is 4.53. The van der Waals surface area contributed by atoms with Crippen molar-refractivity contribution in [1.29, 1.82) is 0 Å². The molecule has 1 N–H and O–H groups in total. The molecule has 1 fully saturated rings. The van der Waals surface area contributed by atoms with E-state index in [0.717, 1.165) is 22.0 Å². The Bertz CT molecular complexity index is 1040. The highest BCUT2D eigenvalue weighted by Crippen LogP contribution is 2.34. The van der Waals surface area contributed by atoms with Crippen molar-refractivity contribution in [3.05, 3.63) is 42.6 Å². The van der Waals surface area contributed by atoms with Crippen LogP contribution >= 0.6 is 0 Å². The molecule has 0 spiro atoms. The number of sulfonamides is 1. The van der Waals surface area contributed by atoms with Gasteiger partial charge in [0.25, 0.3) is 0 Å². The van der Waals surface area contributed by atoms with Gasteiger partial charge in [-0.15, -0.1) is 0 Å². The SMILES string of the molecule is COc1ccc(S(=O)(=O)N2CCOCC2)cc1-c1ccc2[nH]ncc2c1. The van der Waals surface area contributed by atoms with Gasteiger partial charge in [0, 0.05) is 24.0 Å². The lowest BCUT2D eigenvalue weighted by molar-refractivity contribution is 0.0730. The van der Waals surface area contributed by atoms with Gasteiger partial charge in [0.2, 0.25) is 10.0 Å². The predicted octanol–water partition coefficient (Wildman–Crippen LogP) is 2.26. The van der Waals surface area contributed by atoms with Gasteiger partial charge in [-0.25, -0.2) is 8.42 Å². The van der Waals surface area contributed by atoms with Crippen LogP contribution in [-0.2, 0) is 14.8 Å². The average molecular weight is 373 g/mol. The summed E-state index contributed by atoms with van der Waals surface area (Å²) in [6.07, 6.45) is 1.74. The fourth-order valence-corrected chi connectivity index (χ4v) is 4.55. The lowest BCUT2D eigenvalue weighted by Gasteiger charge is -2.26. The Morgan fingerprint density at radius 2 is 1.96 bits per heavy atom. The number of nitrogens with one attached hydrogen (secondary N) is 1. The van der Waals surface area contributed by atoms with Crippen LogP contribution in [0.2, 0.25) is 0 Å². The lowest BCUT2D eigenvalue weighted by Crippen LogP contribution is -2.40. The first kappa shape index (κ1) is 17.0. The Morgan fingerprint density at radius 3 is 2.73 bits per heavy atom. The summed E-state index contributed by atoms with van der Waals surface area (Å²) < 4.78 is 38.1. The van der Waals surface area contributed by atoms with Crippen molar-refractivity contribution >= 4 is 20.9 Å². The van der Waals surface area contributed by atoms with Gasteiger partial charge in [0.15, 0.2) is 0 Å². The number of aromatic nitrogens is 2. The Hall–Kier alpha value is -2.42. The van der Waals surface area contributed by atoms with E-state index in [9.17, 15) is 8.42 Å². The molecule has 0 radical (unpaired) electrons. The quantitative estimate of drug-likeness (QED) is 0.758. The second kappa shape index (κ2) is 6.71.